The highest BCUT2D eigenvalue weighted by Gasteiger charge is 2.35. The number of carboxylic acids is 1. The third-order valence-electron chi connectivity index (χ3n) is 4.44. The first kappa shape index (κ1) is 17.7. The molecule has 0 bridgehead atoms. The molecule has 2 atom stereocenters. The molecule has 0 saturated heterocycles. The smallest absolute Gasteiger partial charge is 0.329 e. The van der Waals surface area contributed by atoms with Gasteiger partial charge in [-0.25, -0.2) is 4.79 Å². The second-order valence-corrected chi connectivity index (χ2v) is 6.13. The van der Waals surface area contributed by atoms with Crippen LogP contribution in [0.2, 0.25) is 0 Å². The molecule has 1 aliphatic heterocycles. The van der Waals surface area contributed by atoms with E-state index in [1.54, 1.807) is 13.1 Å². The lowest BCUT2D eigenvalue weighted by Gasteiger charge is -2.33. The van der Waals surface area contributed by atoms with E-state index in [9.17, 15) is 19.5 Å². The molecule has 2 amide bonds. The van der Waals surface area contributed by atoms with Gasteiger partial charge in [-0.15, -0.1) is 0 Å². The minimum absolute atomic E-state index is 0.00377. The van der Waals surface area contributed by atoms with Crippen LogP contribution in [0.1, 0.15) is 50.8 Å². The Kier molecular flexibility index (Phi) is 5.07. The lowest BCUT2D eigenvalue weighted by Crippen LogP contribution is -2.52. The zero-order valence-corrected chi connectivity index (χ0v) is 14.1. The number of carbonyl (C=O) groups is 3. The predicted octanol–water partition coefficient (Wildman–Crippen LogP) is 2.32. The van der Waals surface area contributed by atoms with E-state index in [0.29, 0.717) is 0 Å². The van der Waals surface area contributed by atoms with Crippen LogP contribution >= 0.6 is 0 Å². The standard InChI is InChI=1S/C18H22N2O4/c1-4-18(3,17(23)24)19-16(22)11-15-14-8-6-5-7-13(14)9-10-20(15)12(2)21/h5-10,15H,4,11H2,1-3H3,(H,19,22)(H,23,24). The van der Waals surface area contributed by atoms with Crippen molar-refractivity contribution in [1.29, 1.82) is 0 Å². The van der Waals surface area contributed by atoms with Crippen LogP contribution in [0.25, 0.3) is 6.08 Å². The van der Waals surface area contributed by atoms with E-state index in [2.05, 4.69) is 5.32 Å². The van der Waals surface area contributed by atoms with Crippen LogP contribution < -0.4 is 5.32 Å². The van der Waals surface area contributed by atoms with Gasteiger partial charge in [-0.3, -0.25) is 9.59 Å². The average molecular weight is 330 g/mol. The van der Waals surface area contributed by atoms with E-state index >= 15 is 0 Å². The molecule has 1 aromatic carbocycles. The van der Waals surface area contributed by atoms with Gasteiger partial charge in [0, 0.05) is 13.1 Å². The number of carbonyl (C=O) groups excluding carboxylic acids is 2. The van der Waals surface area contributed by atoms with Gasteiger partial charge in [-0.2, -0.15) is 0 Å². The van der Waals surface area contributed by atoms with Gasteiger partial charge < -0.3 is 15.3 Å². The Hall–Kier alpha value is -2.63. The van der Waals surface area contributed by atoms with Crippen molar-refractivity contribution in [2.75, 3.05) is 0 Å². The number of amides is 2. The summed E-state index contributed by atoms with van der Waals surface area (Å²) >= 11 is 0. The molecule has 0 spiro atoms. The second-order valence-electron chi connectivity index (χ2n) is 6.13. The predicted molar refractivity (Wildman–Crippen MR) is 89.8 cm³/mol. The minimum Gasteiger partial charge on any atom is -0.480 e. The van der Waals surface area contributed by atoms with Gasteiger partial charge in [0.1, 0.15) is 5.54 Å². The first-order valence-corrected chi connectivity index (χ1v) is 7.89. The van der Waals surface area contributed by atoms with E-state index < -0.39 is 23.5 Å². The summed E-state index contributed by atoms with van der Waals surface area (Å²) in [6, 6.07) is 7.10. The zero-order valence-electron chi connectivity index (χ0n) is 14.1. The Labute approximate surface area is 141 Å². The number of rotatable bonds is 5. The van der Waals surface area contributed by atoms with E-state index in [1.165, 1.54) is 18.7 Å². The molecule has 128 valence electrons. The third kappa shape index (κ3) is 3.48. The summed E-state index contributed by atoms with van der Waals surface area (Å²) in [7, 11) is 0. The Balaban J connectivity index is 2.25. The van der Waals surface area contributed by atoms with Gasteiger partial charge in [0.15, 0.2) is 0 Å². The molecule has 1 aromatic rings. The maximum atomic E-state index is 12.4. The number of benzene rings is 1. The number of nitrogens with one attached hydrogen (secondary N) is 1. The molecule has 1 aliphatic rings. The van der Waals surface area contributed by atoms with Crippen molar-refractivity contribution in [2.45, 2.75) is 45.2 Å². The normalized spacial score (nSPS) is 18.5. The largest absolute Gasteiger partial charge is 0.480 e. The third-order valence-corrected chi connectivity index (χ3v) is 4.44. The highest BCUT2D eigenvalue weighted by molar-refractivity contribution is 5.87. The molecule has 0 fully saturated rings. The summed E-state index contributed by atoms with van der Waals surface area (Å²) < 4.78 is 0. The number of hydrogen-bond donors (Lipinski definition) is 2. The molecule has 0 radical (unpaired) electrons. The van der Waals surface area contributed by atoms with Gasteiger partial charge >= 0.3 is 5.97 Å². The van der Waals surface area contributed by atoms with Crippen LogP contribution in [0.15, 0.2) is 30.5 Å². The fourth-order valence-electron chi connectivity index (χ4n) is 2.74. The molecule has 0 saturated carbocycles. The Morgan fingerprint density at radius 2 is 1.96 bits per heavy atom. The first-order chi connectivity index (χ1) is 11.3. The molecule has 2 unspecified atom stereocenters. The van der Waals surface area contributed by atoms with E-state index in [1.807, 2.05) is 30.3 Å². The SMILES string of the molecule is CCC(C)(NC(=O)CC1c2ccccc2C=CN1C(C)=O)C(=O)O. The van der Waals surface area contributed by atoms with Crippen LogP contribution in [-0.4, -0.2) is 33.3 Å². The van der Waals surface area contributed by atoms with Gasteiger partial charge in [0.2, 0.25) is 11.8 Å². The summed E-state index contributed by atoms with van der Waals surface area (Å²) in [5, 5.41) is 11.9. The summed E-state index contributed by atoms with van der Waals surface area (Å²) in [5.41, 5.74) is 0.505. The van der Waals surface area contributed by atoms with Gasteiger partial charge in [-0.1, -0.05) is 31.2 Å². The summed E-state index contributed by atoms with van der Waals surface area (Å²) in [5.74, 6) is -1.65. The lowest BCUT2D eigenvalue weighted by atomic mass is 9.92. The number of carboxylic acid groups (broad SMARTS) is 1. The molecule has 2 rings (SSSR count). The fourth-order valence-corrected chi connectivity index (χ4v) is 2.74. The van der Waals surface area contributed by atoms with E-state index in [4.69, 9.17) is 0 Å². The number of nitrogens with zero attached hydrogens (tertiary/aromatic N) is 1. The molecule has 6 nitrogen and oxygen atoms in total. The first-order valence-electron chi connectivity index (χ1n) is 7.89. The van der Waals surface area contributed by atoms with Crippen molar-refractivity contribution in [3.8, 4) is 0 Å². The molecule has 1 heterocycles. The van der Waals surface area contributed by atoms with E-state index in [-0.39, 0.29) is 18.7 Å². The second kappa shape index (κ2) is 6.86. The number of fused-ring (bicyclic) bond motifs is 1. The van der Waals surface area contributed by atoms with Crippen LogP contribution in [0, 0.1) is 0 Å². The number of aliphatic carboxylic acids is 1. The van der Waals surface area contributed by atoms with Gasteiger partial charge in [0.05, 0.1) is 12.5 Å². The van der Waals surface area contributed by atoms with Crippen molar-refractivity contribution in [2.24, 2.45) is 0 Å². The highest BCUT2D eigenvalue weighted by Crippen LogP contribution is 2.33. The lowest BCUT2D eigenvalue weighted by molar-refractivity contribution is -0.147. The van der Waals surface area contributed by atoms with Crippen LogP contribution in [-0.2, 0) is 14.4 Å². The highest BCUT2D eigenvalue weighted by atomic mass is 16.4. The molecular weight excluding hydrogens is 308 g/mol. The quantitative estimate of drug-likeness (QED) is 0.867. The van der Waals surface area contributed by atoms with Crippen molar-refractivity contribution >= 4 is 23.9 Å². The Morgan fingerprint density at radius 1 is 1.29 bits per heavy atom. The molecule has 24 heavy (non-hydrogen) atoms. The zero-order chi connectivity index (χ0) is 17.9. The average Bonchev–Trinajstić information content (AvgIpc) is 2.54. The maximum absolute atomic E-state index is 12.4. The fraction of sp³-hybridized carbons (Fsp3) is 0.389. The maximum Gasteiger partial charge on any atom is 0.329 e. The van der Waals surface area contributed by atoms with Crippen molar-refractivity contribution in [1.82, 2.24) is 10.2 Å². The Bertz CT molecular complexity index is 698. The van der Waals surface area contributed by atoms with E-state index in [0.717, 1.165) is 11.1 Å². The summed E-state index contributed by atoms with van der Waals surface area (Å²) in [4.78, 5) is 37.2. The molecular formula is C18H22N2O4. The van der Waals surface area contributed by atoms with Crippen LogP contribution in [0.3, 0.4) is 0 Å². The van der Waals surface area contributed by atoms with Crippen molar-refractivity contribution in [3.05, 3.63) is 41.6 Å². The van der Waals surface area contributed by atoms with Crippen molar-refractivity contribution in [3.63, 3.8) is 0 Å². The molecule has 2 N–H and O–H groups in total. The topological polar surface area (TPSA) is 86.7 Å². The van der Waals surface area contributed by atoms with Crippen molar-refractivity contribution < 1.29 is 19.5 Å². The number of hydrogen-bond acceptors (Lipinski definition) is 3. The Morgan fingerprint density at radius 3 is 2.54 bits per heavy atom. The van der Waals surface area contributed by atoms with Crippen LogP contribution in [0.4, 0.5) is 0 Å². The minimum atomic E-state index is -1.32. The molecule has 6 heteroatoms. The monoisotopic (exact) mass is 330 g/mol. The van der Waals surface area contributed by atoms with Gasteiger partial charge in [-0.05, 0) is 30.5 Å². The summed E-state index contributed by atoms with van der Waals surface area (Å²) in [6.07, 6.45) is 3.77. The van der Waals surface area contributed by atoms with Crippen LogP contribution in [0.5, 0.6) is 0 Å². The summed E-state index contributed by atoms with van der Waals surface area (Å²) in [6.45, 7) is 4.62. The molecule has 0 aromatic heterocycles. The molecule has 0 aliphatic carbocycles. The van der Waals surface area contributed by atoms with Gasteiger partial charge in [0.25, 0.3) is 0 Å².